The molecule has 0 saturated carbocycles. The molecule has 1 unspecified atom stereocenters. The lowest BCUT2D eigenvalue weighted by Gasteiger charge is -2.05. The third-order valence-corrected chi connectivity index (χ3v) is 5.29. The number of sulfone groups is 1. The summed E-state index contributed by atoms with van der Waals surface area (Å²) in [5, 5.41) is 2.75. The fourth-order valence-corrected chi connectivity index (χ4v) is 3.19. The second kappa shape index (κ2) is 5.20. The fraction of sp³-hybridized carbons (Fsp3) is 0.357. The smallest absolute Gasteiger partial charge is 0.245 e. The predicted octanol–water partition coefficient (Wildman–Crippen LogP) is 2.60. The van der Waals surface area contributed by atoms with Crippen LogP contribution in [-0.2, 0) is 9.84 Å². The molecule has 2 aromatic heterocycles. The molecule has 0 aliphatic carbocycles. The minimum absolute atomic E-state index is 0.0682. The number of hydrogen-bond donors (Lipinski definition) is 1. The highest BCUT2D eigenvalue weighted by Gasteiger charge is 2.32. The van der Waals surface area contributed by atoms with Crippen LogP contribution in [0, 0.1) is 0 Å². The zero-order valence-electron chi connectivity index (χ0n) is 12.4. The molecule has 22 heavy (non-hydrogen) atoms. The molecule has 0 spiro atoms. The molecule has 0 aliphatic rings. The van der Waals surface area contributed by atoms with Crippen LogP contribution in [0.3, 0.4) is 0 Å². The molecule has 3 rings (SSSR count). The SMILES string of the molecule is CC(C)c1noc(C(C)S(=O)(=O)c2nc3ccccc3[nH]2)n1. The van der Waals surface area contributed by atoms with Gasteiger partial charge in [0.1, 0.15) is 5.25 Å². The Kier molecular flexibility index (Phi) is 3.48. The molecule has 8 heteroatoms. The van der Waals surface area contributed by atoms with Crippen molar-refractivity contribution in [3.8, 4) is 0 Å². The zero-order chi connectivity index (χ0) is 15.9. The highest BCUT2D eigenvalue weighted by atomic mass is 32.2. The van der Waals surface area contributed by atoms with Crippen molar-refractivity contribution in [2.45, 2.75) is 37.1 Å². The van der Waals surface area contributed by atoms with Gasteiger partial charge in [0, 0.05) is 5.92 Å². The van der Waals surface area contributed by atoms with Gasteiger partial charge in [-0.05, 0) is 19.1 Å². The second-order valence-corrected chi connectivity index (χ2v) is 7.58. The van der Waals surface area contributed by atoms with Crippen LogP contribution in [-0.4, -0.2) is 28.5 Å². The van der Waals surface area contributed by atoms with E-state index in [0.717, 1.165) is 0 Å². The third-order valence-electron chi connectivity index (χ3n) is 3.42. The molecular weight excluding hydrogens is 304 g/mol. The average molecular weight is 320 g/mol. The summed E-state index contributed by atoms with van der Waals surface area (Å²) in [4.78, 5) is 11.1. The first-order valence-electron chi connectivity index (χ1n) is 6.91. The van der Waals surface area contributed by atoms with E-state index in [0.29, 0.717) is 16.9 Å². The highest BCUT2D eigenvalue weighted by Crippen LogP contribution is 2.27. The van der Waals surface area contributed by atoms with E-state index in [4.69, 9.17) is 4.52 Å². The summed E-state index contributed by atoms with van der Waals surface area (Å²) in [6.45, 7) is 5.33. The molecule has 0 saturated heterocycles. The number of hydrogen-bond acceptors (Lipinski definition) is 6. The molecule has 7 nitrogen and oxygen atoms in total. The van der Waals surface area contributed by atoms with Crippen molar-refractivity contribution in [3.05, 3.63) is 36.0 Å². The minimum Gasteiger partial charge on any atom is -0.338 e. The fourth-order valence-electron chi connectivity index (χ4n) is 2.01. The standard InChI is InChI=1S/C14H16N4O3S/c1-8(2)12-17-13(21-18-12)9(3)22(19,20)14-15-10-6-4-5-7-11(10)16-14/h4-9H,1-3H3,(H,15,16). The van der Waals surface area contributed by atoms with E-state index in [-0.39, 0.29) is 17.0 Å². The van der Waals surface area contributed by atoms with E-state index in [1.54, 1.807) is 18.2 Å². The summed E-state index contributed by atoms with van der Waals surface area (Å²) in [6.07, 6.45) is 0. The number of H-pyrrole nitrogens is 1. The summed E-state index contributed by atoms with van der Waals surface area (Å²) >= 11 is 0. The molecule has 3 aromatic rings. The van der Waals surface area contributed by atoms with Crippen LogP contribution in [0.1, 0.15) is 43.7 Å². The van der Waals surface area contributed by atoms with Crippen molar-refractivity contribution < 1.29 is 12.9 Å². The quantitative estimate of drug-likeness (QED) is 0.792. The number of nitrogens with zero attached hydrogens (tertiary/aromatic N) is 3. The molecule has 0 fully saturated rings. The molecule has 116 valence electrons. The lowest BCUT2D eigenvalue weighted by atomic mass is 10.2. The highest BCUT2D eigenvalue weighted by molar-refractivity contribution is 7.91. The van der Waals surface area contributed by atoms with Crippen LogP contribution in [0.25, 0.3) is 11.0 Å². The van der Waals surface area contributed by atoms with Gasteiger partial charge in [-0.25, -0.2) is 13.4 Å². The summed E-state index contributed by atoms with van der Waals surface area (Å²) in [5.41, 5.74) is 1.27. The van der Waals surface area contributed by atoms with E-state index < -0.39 is 15.1 Å². The Morgan fingerprint density at radius 3 is 2.50 bits per heavy atom. The van der Waals surface area contributed by atoms with Crippen LogP contribution in [0.5, 0.6) is 0 Å². The zero-order valence-corrected chi connectivity index (χ0v) is 13.3. The summed E-state index contributed by atoms with van der Waals surface area (Å²) in [5.74, 6) is 0.629. The third kappa shape index (κ3) is 2.39. The van der Waals surface area contributed by atoms with E-state index in [9.17, 15) is 8.42 Å². The number of fused-ring (bicyclic) bond motifs is 1. The first-order valence-corrected chi connectivity index (χ1v) is 8.46. The molecule has 0 aliphatic heterocycles. The van der Waals surface area contributed by atoms with Gasteiger partial charge in [-0.2, -0.15) is 4.98 Å². The summed E-state index contributed by atoms with van der Waals surface area (Å²) < 4.78 is 30.4. The summed E-state index contributed by atoms with van der Waals surface area (Å²) in [7, 11) is -3.73. The lowest BCUT2D eigenvalue weighted by molar-refractivity contribution is 0.369. The summed E-state index contributed by atoms with van der Waals surface area (Å²) in [6, 6.07) is 7.14. The average Bonchev–Trinajstić information content (AvgIpc) is 3.13. The number of para-hydroxylation sites is 2. The van der Waals surface area contributed by atoms with Crippen molar-refractivity contribution >= 4 is 20.9 Å². The van der Waals surface area contributed by atoms with Gasteiger partial charge in [0.15, 0.2) is 5.82 Å². The number of rotatable bonds is 4. The maximum Gasteiger partial charge on any atom is 0.245 e. The normalized spacial score (nSPS) is 13.8. The monoisotopic (exact) mass is 320 g/mol. The van der Waals surface area contributed by atoms with E-state index in [2.05, 4.69) is 20.1 Å². The molecular formula is C14H16N4O3S. The van der Waals surface area contributed by atoms with Crippen LogP contribution in [0.2, 0.25) is 0 Å². The van der Waals surface area contributed by atoms with Gasteiger partial charge < -0.3 is 9.51 Å². The molecule has 0 bridgehead atoms. The maximum atomic E-state index is 12.7. The van der Waals surface area contributed by atoms with Crippen LogP contribution >= 0.6 is 0 Å². The Bertz CT molecular complexity index is 878. The largest absolute Gasteiger partial charge is 0.338 e. The Balaban J connectivity index is 2.00. The van der Waals surface area contributed by atoms with Crippen molar-refractivity contribution in [1.82, 2.24) is 20.1 Å². The number of nitrogens with one attached hydrogen (secondary N) is 1. The molecule has 2 heterocycles. The van der Waals surface area contributed by atoms with Gasteiger partial charge in [-0.15, -0.1) is 0 Å². The van der Waals surface area contributed by atoms with Crippen LogP contribution in [0.15, 0.2) is 33.9 Å². The Morgan fingerprint density at radius 2 is 1.86 bits per heavy atom. The van der Waals surface area contributed by atoms with Crippen molar-refractivity contribution in [2.75, 3.05) is 0 Å². The van der Waals surface area contributed by atoms with Crippen LogP contribution < -0.4 is 0 Å². The topological polar surface area (TPSA) is 102 Å². The van der Waals surface area contributed by atoms with Gasteiger partial charge in [-0.3, -0.25) is 0 Å². The van der Waals surface area contributed by atoms with Gasteiger partial charge >= 0.3 is 0 Å². The van der Waals surface area contributed by atoms with E-state index in [1.165, 1.54) is 6.92 Å². The minimum atomic E-state index is -3.73. The maximum absolute atomic E-state index is 12.7. The van der Waals surface area contributed by atoms with Crippen molar-refractivity contribution in [1.29, 1.82) is 0 Å². The van der Waals surface area contributed by atoms with Gasteiger partial charge in [-0.1, -0.05) is 31.1 Å². The van der Waals surface area contributed by atoms with E-state index >= 15 is 0 Å². The lowest BCUT2D eigenvalue weighted by Crippen LogP contribution is -2.12. The Morgan fingerprint density at radius 1 is 1.14 bits per heavy atom. The van der Waals surface area contributed by atoms with Crippen LogP contribution in [0.4, 0.5) is 0 Å². The first-order chi connectivity index (χ1) is 10.4. The molecule has 0 amide bonds. The molecule has 1 aromatic carbocycles. The number of benzene rings is 1. The molecule has 1 N–H and O–H groups in total. The van der Waals surface area contributed by atoms with Crippen molar-refractivity contribution in [3.63, 3.8) is 0 Å². The number of aromatic nitrogens is 4. The first kappa shape index (κ1) is 14.7. The number of imidazole rings is 1. The molecule has 0 radical (unpaired) electrons. The van der Waals surface area contributed by atoms with Gasteiger partial charge in [0.25, 0.3) is 0 Å². The van der Waals surface area contributed by atoms with Gasteiger partial charge in [0.2, 0.25) is 20.9 Å². The Labute approximate surface area is 127 Å². The predicted molar refractivity (Wildman–Crippen MR) is 80.1 cm³/mol. The van der Waals surface area contributed by atoms with E-state index in [1.807, 2.05) is 19.9 Å². The molecule has 1 atom stereocenters. The second-order valence-electron chi connectivity index (χ2n) is 5.39. The van der Waals surface area contributed by atoms with Crippen molar-refractivity contribution in [2.24, 2.45) is 0 Å². The number of aromatic amines is 1. The Hall–Kier alpha value is -2.22. The van der Waals surface area contributed by atoms with Gasteiger partial charge in [0.05, 0.1) is 11.0 Å².